The maximum atomic E-state index is 12.5. The highest BCUT2D eigenvalue weighted by molar-refractivity contribution is 5.34. The first kappa shape index (κ1) is 13.6. The van der Waals surface area contributed by atoms with Crippen LogP contribution in [0.15, 0.2) is 54.6 Å². The lowest BCUT2D eigenvalue weighted by molar-refractivity contribution is -0.137. The third kappa shape index (κ3) is 3.15. The average molecular weight is 265 g/mol. The first-order valence-corrected chi connectivity index (χ1v) is 5.92. The van der Waals surface area contributed by atoms with E-state index in [1.54, 1.807) is 7.05 Å². The molecular weight excluding hydrogens is 251 g/mol. The molecule has 100 valence electrons. The first-order valence-electron chi connectivity index (χ1n) is 5.92. The van der Waals surface area contributed by atoms with E-state index in [-0.39, 0.29) is 6.04 Å². The fourth-order valence-electron chi connectivity index (χ4n) is 2.04. The molecule has 0 aliphatic carbocycles. The highest BCUT2D eigenvalue weighted by Crippen LogP contribution is 2.30. The summed E-state index contributed by atoms with van der Waals surface area (Å²) in [5, 5.41) is 3.11. The normalized spacial score (nSPS) is 13.3. The minimum Gasteiger partial charge on any atom is -0.309 e. The van der Waals surface area contributed by atoms with Crippen LogP contribution in [0.2, 0.25) is 0 Å². The largest absolute Gasteiger partial charge is 0.416 e. The van der Waals surface area contributed by atoms with Crippen molar-refractivity contribution < 1.29 is 13.2 Å². The SMILES string of the molecule is CNC(c1ccccc1)c1ccc(C(F)(F)F)cc1. The third-order valence-electron chi connectivity index (χ3n) is 2.99. The summed E-state index contributed by atoms with van der Waals surface area (Å²) in [6.07, 6.45) is -4.29. The van der Waals surface area contributed by atoms with Crippen molar-refractivity contribution in [1.29, 1.82) is 0 Å². The number of rotatable bonds is 3. The summed E-state index contributed by atoms with van der Waals surface area (Å²) < 4.78 is 37.5. The second-order valence-corrected chi connectivity index (χ2v) is 4.25. The van der Waals surface area contributed by atoms with Gasteiger partial charge >= 0.3 is 6.18 Å². The Balaban J connectivity index is 2.30. The highest BCUT2D eigenvalue weighted by atomic mass is 19.4. The Bertz CT molecular complexity index is 517. The van der Waals surface area contributed by atoms with Crippen LogP contribution in [0.1, 0.15) is 22.7 Å². The number of alkyl halides is 3. The number of benzene rings is 2. The molecule has 0 radical (unpaired) electrons. The van der Waals surface area contributed by atoms with Gasteiger partial charge in [0.25, 0.3) is 0 Å². The number of hydrogen-bond acceptors (Lipinski definition) is 1. The molecule has 1 atom stereocenters. The van der Waals surface area contributed by atoms with Crippen molar-refractivity contribution in [3.8, 4) is 0 Å². The van der Waals surface area contributed by atoms with Crippen LogP contribution in [-0.2, 0) is 6.18 Å². The molecule has 0 saturated carbocycles. The van der Waals surface area contributed by atoms with Crippen molar-refractivity contribution >= 4 is 0 Å². The van der Waals surface area contributed by atoms with Gasteiger partial charge in [0, 0.05) is 0 Å². The highest BCUT2D eigenvalue weighted by Gasteiger charge is 2.30. The third-order valence-corrected chi connectivity index (χ3v) is 2.99. The Morgan fingerprint density at radius 2 is 1.37 bits per heavy atom. The summed E-state index contributed by atoms with van der Waals surface area (Å²) in [6, 6.07) is 14.7. The lowest BCUT2D eigenvalue weighted by atomic mass is 9.98. The Labute approximate surface area is 110 Å². The van der Waals surface area contributed by atoms with Crippen molar-refractivity contribution in [1.82, 2.24) is 5.32 Å². The molecule has 1 nitrogen and oxygen atoms in total. The Hall–Kier alpha value is -1.81. The van der Waals surface area contributed by atoms with Crippen LogP contribution < -0.4 is 5.32 Å². The molecule has 0 amide bonds. The molecule has 0 spiro atoms. The number of hydrogen-bond donors (Lipinski definition) is 1. The van der Waals surface area contributed by atoms with Crippen molar-refractivity contribution in [2.45, 2.75) is 12.2 Å². The van der Waals surface area contributed by atoms with Crippen molar-refractivity contribution in [2.75, 3.05) is 7.05 Å². The number of halogens is 3. The maximum absolute atomic E-state index is 12.5. The zero-order valence-corrected chi connectivity index (χ0v) is 10.4. The van der Waals surface area contributed by atoms with Gasteiger partial charge in [-0.05, 0) is 30.3 Å². The van der Waals surface area contributed by atoms with Crippen LogP contribution in [0.3, 0.4) is 0 Å². The molecule has 0 aliphatic rings. The second kappa shape index (κ2) is 5.45. The smallest absolute Gasteiger partial charge is 0.309 e. The van der Waals surface area contributed by atoms with Crippen molar-refractivity contribution in [2.24, 2.45) is 0 Å². The van der Waals surface area contributed by atoms with Gasteiger partial charge in [-0.3, -0.25) is 0 Å². The van der Waals surface area contributed by atoms with Gasteiger partial charge in [0.05, 0.1) is 11.6 Å². The van der Waals surface area contributed by atoms with Gasteiger partial charge in [0.2, 0.25) is 0 Å². The van der Waals surface area contributed by atoms with Gasteiger partial charge < -0.3 is 5.32 Å². The van der Waals surface area contributed by atoms with Gasteiger partial charge in [0.15, 0.2) is 0 Å². The van der Waals surface area contributed by atoms with Crippen LogP contribution in [0.5, 0.6) is 0 Å². The minimum absolute atomic E-state index is 0.108. The molecule has 0 saturated heterocycles. The van der Waals surface area contributed by atoms with E-state index in [2.05, 4.69) is 5.32 Å². The lowest BCUT2D eigenvalue weighted by Crippen LogP contribution is -2.17. The molecule has 0 bridgehead atoms. The van der Waals surface area contributed by atoms with E-state index in [1.807, 2.05) is 30.3 Å². The fraction of sp³-hybridized carbons (Fsp3) is 0.200. The summed E-state index contributed by atoms with van der Waals surface area (Å²) in [7, 11) is 1.79. The van der Waals surface area contributed by atoms with E-state index in [0.29, 0.717) is 0 Å². The van der Waals surface area contributed by atoms with E-state index < -0.39 is 11.7 Å². The van der Waals surface area contributed by atoms with Crippen molar-refractivity contribution in [3.05, 3.63) is 71.3 Å². The van der Waals surface area contributed by atoms with Gasteiger partial charge in [-0.25, -0.2) is 0 Å². The zero-order chi connectivity index (χ0) is 13.9. The molecule has 2 aromatic rings. The lowest BCUT2D eigenvalue weighted by Gasteiger charge is -2.18. The molecular formula is C15H14F3N. The average Bonchev–Trinajstić information content (AvgIpc) is 2.40. The topological polar surface area (TPSA) is 12.0 Å². The van der Waals surface area contributed by atoms with Gasteiger partial charge in [-0.1, -0.05) is 42.5 Å². The summed E-state index contributed by atoms with van der Waals surface area (Å²) in [5.41, 5.74) is 1.20. The zero-order valence-electron chi connectivity index (χ0n) is 10.4. The van der Waals surface area contributed by atoms with Crippen LogP contribution in [0.25, 0.3) is 0 Å². The van der Waals surface area contributed by atoms with E-state index in [1.165, 1.54) is 12.1 Å². The monoisotopic (exact) mass is 265 g/mol. The molecule has 2 rings (SSSR count). The van der Waals surface area contributed by atoms with E-state index >= 15 is 0 Å². The van der Waals surface area contributed by atoms with Crippen molar-refractivity contribution in [3.63, 3.8) is 0 Å². The summed E-state index contributed by atoms with van der Waals surface area (Å²) in [4.78, 5) is 0. The van der Waals surface area contributed by atoms with Gasteiger partial charge in [-0.15, -0.1) is 0 Å². The van der Waals surface area contributed by atoms with Crippen LogP contribution >= 0.6 is 0 Å². The van der Waals surface area contributed by atoms with E-state index in [9.17, 15) is 13.2 Å². The molecule has 1 N–H and O–H groups in total. The summed E-state index contributed by atoms with van der Waals surface area (Å²) in [6.45, 7) is 0. The first-order chi connectivity index (χ1) is 9.02. The molecule has 2 aromatic carbocycles. The van der Waals surface area contributed by atoms with E-state index in [4.69, 9.17) is 0 Å². The predicted octanol–water partition coefficient (Wildman–Crippen LogP) is 4.01. The van der Waals surface area contributed by atoms with Crippen LogP contribution in [0, 0.1) is 0 Å². The Morgan fingerprint density at radius 3 is 1.84 bits per heavy atom. The molecule has 0 aromatic heterocycles. The summed E-state index contributed by atoms with van der Waals surface area (Å²) in [5.74, 6) is 0. The quantitative estimate of drug-likeness (QED) is 0.884. The van der Waals surface area contributed by atoms with Gasteiger partial charge in [0.1, 0.15) is 0 Å². The van der Waals surface area contributed by atoms with E-state index in [0.717, 1.165) is 23.3 Å². The minimum atomic E-state index is -4.29. The molecule has 1 unspecified atom stereocenters. The standard InChI is InChI=1S/C15H14F3N/c1-19-14(11-5-3-2-4-6-11)12-7-9-13(10-8-12)15(16,17)18/h2-10,14,19H,1H3. The summed E-state index contributed by atoms with van der Waals surface area (Å²) >= 11 is 0. The molecule has 0 aliphatic heterocycles. The second-order valence-electron chi connectivity index (χ2n) is 4.25. The fourth-order valence-corrected chi connectivity index (χ4v) is 2.04. The van der Waals surface area contributed by atoms with Gasteiger partial charge in [-0.2, -0.15) is 13.2 Å². The Morgan fingerprint density at radius 1 is 0.842 bits per heavy atom. The molecule has 4 heteroatoms. The van der Waals surface area contributed by atoms with Crippen LogP contribution in [-0.4, -0.2) is 7.05 Å². The predicted molar refractivity (Wildman–Crippen MR) is 68.8 cm³/mol. The molecule has 0 fully saturated rings. The molecule has 19 heavy (non-hydrogen) atoms. The maximum Gasteiger partial charge on any atom is 0.416 e. The van der Waals surface area contributed by atoms with Crippen LogP contribution in [0.4, 0.5) is 13.2 Å². The number of nitrogens with one attached hydrogen (secondary N) is 1. The molecule has 0 heterocycles. The Kier molecular flexibility index (Phi) is 3.90.